The van der Waals surface area contributed by atoms with Gasteiger partial charge in [0.05, 0.1) is 0 Å². The Labute approximate surface area is 137 Å². The van der Waals surface area contributed by atoms with E-state index in [4.69, 9.17) is 16.3 Å². The lowest BCUT2D eigenvalue weighted by molar-refractivity contribution is -0.128. The van der Waals surface area contributed by atoms with Gasteiger partial charge < -0.3 is 15.0 Å². The van der Waals surface area contributed by atoms with Crippen LogP contribution in [0.2, 0.25) is 5.02 Å². The van der Waals surface area contributed by atoms with Gasteiger partial charge in [-0.2, -0.15) is 0 Å². The van der Waals surface area contributed by atoms with E-state index in [-0.39, 0.29) is 11.9 Å². The first-order chi connectivity index (χ1) is 10.6. The highest BCUT2D eigenvalue weighted by Gasteiger charge is 2.23. The summed E-state index contributed by atoms with van der Waals surface area (Å²) in [5, 5.41) is 3.75. The predicted molar refractivity (Wildman–Crippen MR) is 89.4 cm³/mol. The smallest absolute Gasteiger partial charge is 0.260 e. The number of rotatable bonds is 6. The van der Waals surface area contributed by atoms with Gasteiger partial charge in [-0.3, -0.25) is 4.79 Å². The molecule has 0 unspecified atom stereocenters. The monoisotopic (exact) mass is 324 g/mol. The van der Waals surface area contributed by atoms with E-state index in [1.165, 1.54) is 6.42 Å². The van der Waals surface area contributed by atoms with Crippen LogP contribution in [-0.2, 0) is 4.79 Å². The number of nitrogens with one attached hydrogen (secondary N) is 1. The predicted octanol–water partition coefficient (Wildman–Crippen LogP) is 3.10. The molecule has 1 saturated heterocycles. The van der Waals surface area contributed by atoms with Gasteiger partial charge in [0.15, 0.2) is 6.10 Å². The molecule has 0 spiro atoms. The van der Waals surface area contributed by atoms with Crippen molar-refractivity contribution in [2.24, 2.45) is 0 Å². The fraction of sp³-hybridized carbons (Fsp3) is 0.588. The number of halogens is 1. The van der Waals surface area contributed by atoms with E-state index in [9.17, 15) is 4.79 Å². The number of piperidine rings is 1. The maximum absolute atomic E-state index is 12.2. The van der Waals surface area contributed by atoms with E-state index in [0.717, 1.165) is 32.5 Å². The van der Waals surface area contributed by atoms with Crippen molar-refractivity contribution in [1.82, 2.24) is 10.2 Å². The molecule has 1 N–H and O–H groups in total. The van der Waals surface area contributed by atoms with Gasteiger partial charge in [0, 0.05) is 24.2 Å². The minimum atomic E-state index is -0.505. The van der Waals surface area contributed by atoms with Gasteiger partial charge in [-0.15, -0.1) is 0 Å². The van der Waals surface area contributed by atoms with Crippen LogP contribution >= 0.6 is 11.6 Å². The number of ether oxygens (including phenoxy) is 1. The molecule has 1 aliphatic rings. The zero-order valence-corrected chi connectivity index (χ0v) is 14.1. The van der Waals surface area contributed by atoms with E-state index in [2.05, 4.69) is 17.1 Å². The van der Waals surface area contributed by atoms with Crippen molar-refractivity contribution in [3.05, 3.63) is 29.3 Å². The van der Waals surface area contributed by atoms with Crippen molar-refractivity contribution in [3.8, 4) is 5.75 Å². The highest BCUT2D eigenvalue weighted by Crippen LogP contribution is 2.17. The molecule has 0 bridgehead atoms. The lowest BCUT2D eigenvalue weighted by Gasteiger charge is -2.32. The lowest BCUT2D eigenvalue weighted by Crippen LogP contribution is -2.48. The zero-order valence-electron chi connectivity index (χ0n) is 13.3. The largest absolute Gasteiger partial charge is 0.481 e. The van der Waals surface area contributed by atoms with E-state index in [1.807, 2.05) is 0 Å². The Bertz CT molecular complexity index is 470. The number of nitrogens with zero attached hydrogens (tertiary/aromatic N) is 1. The van der Waals surface area contributed by atoms with Crippen LogP contribution in [-0.4, -0.2) is 42.6 Å². The highest BCUT2D eigenvalue weighted by molar-refractivity contribution is 6.30. The van der Waals surface area contributed by atoms with Crippen LogP contribution in [0.4, 0.5) is 0 Å². The summed E-state index contributed by atoms with van der Waals surface area (Å²) < 4.78 is 5.65. The molecule has 1 aromatic rings. The molecule has 1 heterocycles. The van der Waals surface area contributed by atoms with Crippen LogP contribution in [0.25, 0.3) is 0 Å². The molecule has 1 fully saturated rings. The number of hydrogen-bond donors (Lipinski definition) is 1. The Morgan fingerprint density at radius 3 is 2.59 bits per heavy atom. The third-order valence-corrected chi connectivity index (χ3v) is 4.22. The second-order valence-electron chi connectivity index (χ2n) is 5.84. The summed E-state index contributed by atoms with van der Waals surface area (Å²) >= 11 is 5.83. The van der Waals surface area contributed by atoms with Crippen molar-refractivity contribution in [2.45, 2.75) is 45.3 Å². The summed E-state index contributed by atoms with van der Waals surface area (Å²) in [4.78, 5) is 14.7. The van der Waals surface area contributed by atoms with Crippen LogP contribution in [0, 0.1) is 0 Å². The highest BCUT2D eigenvalue weighted by atomic mass is 35.5. The van der Waals surface area contributed by atoms with E-state index in [0.29, 0.717) is 10.8 Å². The molecule has 1 amide bonds. The summed E-state index contributed by atoms with van der Waals surface area (Å²) in [5.74, 6) is 0.605. The quantitative estimate of drug-likeness (QED) is 0.874. The number of carbonyl (C=O) groups excluding carboxylic acids is 1. The van der Waals surface area contributed by atoms with Gasteiger partial charge in [-0.05, 0) is 57.0 Å². The third kappa shape index (κ3) is 5.18. The topological polar surface area (TPSA) is 41.6 Å². The van der Waals surface area contributed by atoms with E-state index in [1.54, 1.807) is 31.2 Å². The Hall–Kier alpha value is -1.26. The molecule has 0 aromatic heterocycles. The lowest BCUT2D eigenvalue weighted by atomic mass is 10.0. The summed E-state index contributed by atoms with van der Waals surface area (Å²) in [6.45, 7) is 7.24. The first-order valence-electron chi connectivity index (χ1n) is 8.03. The molecule has 0 aliphatic carbocycles. The van der Waals surface area contributed by atoms with E-state index < -0.39 is 6.10 Å². The summed E-state index contributed by atoms with van der Waals surface area (Å²) in [5.41, 5.74) is 0. The molecule has 122 valence electrons. The normalized spacial score (nSPS) is 18.0. The maximum atomic E-state index is 12.2. The fourth-order valence-electron chi connectivity index (χ4n) is 2.71. The standard InChI is InChI=1S/C17H25ClN2O2/c1-3-10-20-11-8-15(9-12-20)19-17(21)13(2)22-16-6-4-14(18)5-7-16/h4-7,13,15H,3,8-12H2,1-2H3,(H,19,21)/t13-/m1/s1. The molecule has 5 heteroatoms. The SMILES string of the molecule is CCCN1CCC(NC(=O)[C@@H](C)Oc2ccc(Cl)cc2)CC1. The molecule has 0 saturated carbocycles. The van der Waals surface area contributed by atoms with Gasteiger partial charge in [0.25, 0.3) is 5.91 Å². The van der Waals surface area contributed by atoms with Crippen molar-refractivity contribution in [1.29, 1.82) is 0 Å². The number of hydrogen-bond acceptors (Lipinski definition) is 3. The fourth-order valence-corrected chi connectivity index (χ4v) is 2.83. The number of amides is 1. The summed E-state index contributed by atoms with van der Waals surface area (Å²) in [7, 11) is 0. The second-order valence-corrected chi connectivity index (χ2v) is 6.27. The van der Waals surface area contributed by atoms with Crippen LogP contribution in [0.3, 0.4) is 0 Å². The van der Waals surface area contributed by atoms with Gasteiger partial charge in [0.2, 0.25) is 0 Å². The average Bonchev–Trinajstić information content (AvgIpc) is 2.51. The average molecular weight is 325 g/mol. The Morgan fingerprint density at radius 2 is 2.00 bits per heavy atom. The number of likely N-dealkylation sites (tertiary alicyclic amines) is 1. The number of benzene rings is 1. The van der Waals surface area contributed by atoms with E-state index >= 15 is 0 Å². The first-order valence-corrected chi connectivity index (χ1v) is 8.41. The Kier molecular flexibility index (Phi) is 6.52. The van der Waals surface area contributed by atoms with Crippen LogP contribution in [0.1, 0.15) is 33.1 Å². The molecule has 2 rings (SSSR count). The minimum Gasteiger partial charge on any atom is -0.481 e. The van der Waals surface area contributed by atoms with Crippen molar-refractivity contribution < 1.29 is 9.53 Å². The van der Waals surface area contributed by atoms with Crippen LogP contribution in [0.15, 0.2) is 24.3 Å². The van der Waals surface area contributed by atoms with Gasteiger partial charge in [0.1, 0.15) is 5.75 Å². The molecule has 22 heavy (non-hydrogen) atoms. The Balaban J connectivity index is 1.76. The molecular formula is C17H25ClN2O2. The second kappa shape index (κ2) is 8.39. The molecule has 0 radical (unpaired) electrons. The van der Waals surface area contributed by atoms with Crippen molar-refractivity contribution in [3.63, 3.8) is 0 Å². The molecule has 1 aromatic carbocycles. The van der Waals surface area contributed by atoms with Crippen molar-refractivity contribution >= 4 is 17.5 Å². The molecule has 1 aliphatic heterocycles. The summed E-state index contributed by atoms with van der Waals surface area (Å²) in [6, 6.07) is 7.32. The van der Waals surface area contributed by atoms with Crippen LogP contribution < -0.4 is 10.1 Å². The molecule has 1 atom stereocenters. The molecule has 4 nitrogen and oxygen atoms in total. The third-order valence-electron chi connectivity index (χ3n) is 3.97. The Morgan fingerprint density at radius 1 is 1.36 bits per heavy atom. The number of carbonyl (C=O) groups is 1. The first kappa shape index (κ1) is 17.1. The van der Waals surface area contributed by atoms with Crippen molar-refractivity contribution in [2.75, 3.05) is 19.6 Å². The zero-order chi connectivity index (χ0) is 15.9. The summed E-state index contributed by atoms with van der Waals surface area (Å²) in [6.07, 6.45) is 2.71. The maximum Gasteiger partial charge on any atom is 0.260 e. The van der Waals surface area contributed by atoms with Crippen LogP contribution in [0.5, 0.6) is 5.75 Å². The van der Waals surface area contributed by atoms with Gasteiger partial charge in [-0.25, -0.2) is 0 Å². The van der Waals surface area contributed by atoms with Gasteiger partial charge in [-0.1, -0.05) is 18.5 Å². The minimum absolute atomic E-state index is 0.0520. The van der Waals surface area contributed by atoms with Gasteiger partial charge >= 0.3 is 0 Å². The molecular weight excluding hydrogens is 300 g/mol.